The van der Waals surface area contributed by atoms with Crippen LogP contribution in [-0.4, -0.2) is 39.2 Å². The molecule has 1 aromatic rings. The maximum Gasteiger partial charge on any atom is 0.302 e. The number of allylic oxidation sites excluding steroid dienone is 1. The lowest BCUT2D eigenvalue weighted by Gasteiger charge is -2.56. The summed E-state index contributed by atoms with van der Waals surface area (Å²) in [5, 5.41) is 0. The average molecular weight is 561 g/mol. The summed E-state index contributed by atoms with van der Waals surface area (Å²) in [6, 6.07) is 6.62. The zero-order chi connectivity index (χ0) is 28.6. The molecule has 0 aliphatic heterocycles. The Hall–Kier alpha value is -2.19. The Kier molecular flexibility index (Phi) is 8.67. The molecule has 0 aromatic heterocycles. The maximum absolute atomic E-state index is 12.9. The molecule has 0 radical (unpaired) electrons. The van der Waals surface area contributed by atoms with Crippen LogP contribution >= 0.6 is 0 Å². The molecular formula is C31H44O7S. The van der Waals surface area contributed by atoms with Gasteiger partial charge in [-0.2, -0.15) is 8.42 Å². The van der Waals surface area contributed by atoms with E-state index in [0.29, 0.717) is 12.8 Å². The number of carbonyl (C=O) groups is 2. The van der Waals surface area contributed by atoms with E-state index in [1.165, 1.54) is 19.4 Å². The maximum atomic E-state index is 12.9. The molecule has 0 saturated heterocycles. The molecule has 3 fully saturated rings. The highest BCUT2D eigenvalue weighted by Gasteiger charge is 2.58. The predicted molar refractivity (Wildman–Crippen MR) is 148 cm³/mol. The summed E-state index contributed by atoms with van der Waals surface area (Å²) in [6.45, 7) is 13.7. The van der Waals surface area contributed by atoms with Crippen LogP contribution in [0.15, 0.2) is 41.3 Å². The van der Waals surface area contributed by atoms with Crippen LogP contribution in [0.2, 0.25) is 0 Å². The molecule has 7 atom stereocenters. The van der Waals surface area contributed by atoms with Gasteiger partial charge in [-0.1, -0.05) is 43.7 Å². The van der Waals surface area contributed by atoms with Gasteiger partial charge in [0.15, 0.2) is 0 Å². The van der Waals surface area contributed by atoms with Crippen molar-refractivity contribution >= 4 is 22.1 Å². The molecule has 4 rings (SSSR count). The van der Waals surface area contributed by atoms with E-state index in [0.717, 1.165) is 44.1 Å². The van der Waals surface area contributed by atoms with Crippen molar-refractivity contribution in [1.82, 2.24) is 0 Å². The quantitative estimate of drug-likeness (QED) is 0.214. The van der Waals surface area contributed by atoms with E-state index >= 15 is 0 Å². The molecule has 0 spiro atoms. The molecule has 0 heterocycles. The van der Waals surface area contributed by atoms with E-state index in [9.17, 15) is 18.0 Å². The summed E-state index contributed by atoms with van der Waals surface area (Å²) in [4.78, 5) is 24.2. The predicted octanol–water partition coefficient (Wildman–Crippen LogP) is 6.14. The fraction of sp³-hybridized carbons (Fsp3) is 0.677. The van der Waals surface area contributed by atoms with Gasteiger partial charge >= 0.3 is 11.9 Å². The summed E-state index contributed by atoms with van der Waals surface area (Å²) in [7, 11) is -3.89. The van der Waals surface area contributed by atoms with E-state index in [1.807, 2.05) is 6.92 Å². The van der Waals surface area contributed by atoms with Gasteiger partial charge in [-0.15, -0.1) is 0 Å². The number of ether oxygens (including phenoxy) is 2. The monoisotopic (exact) mass is 560 g/mol. The van der Waals surface area contributed by atoms with Crippen molar-refractivity contribution in [1.29, 1.82) is 0 Å². The summed E-state index contributed by atoms with van der Waals surface area (Å²) in [6.07, 6.45) is 6.00. The first-order valence-corrected chi connectivity index (χ1v) is 15.7. The number of hydrogen-bond donors (Lipinski definition) is 0. The largest absolute Gasteiger partial charge is 0.463 e. The van der Waals surface area contributed by atoms with E-state index in [4.69, 9.17) is 13.7 Å². The molecule has 7 nitrogen and oxygen atoms in total. The van der Waals surface area contributed by atoms with E-state index in [2.05, 4.69) is 20.4 Å². The molecule has 1 aromatic carbocycles. The molecule has 0 amide bonds. The zero-order valence-electron chi connectivity index (χ0n) is 24.0. The van der Waals surface area contributed by atoms with Gasteiger partial charge in [0.1, 0.15) is 12.2 Å². The molecule has 3 aliphatic carbocycles. The number of benzene rings is 1. The molecule has 3 aliphatic rings. The second-order valence-electron chi connectivity index (χ2n) is 12.5. The molecule has 4 unspecified atom stereocenters. The van der Waals surface area contributed by atoms with Gasteiger partial charge in [0.05, 0.1) is 11.5 Å². The first-order chi connectivity index (χ1) is 18.3. The zero-order valence-corrected chi connectivity index (χ0v) is 24.8. The van der Waals surface area contributed by atoms with Gasteiger partial charge in [0.25, 0.3) is 10.1 Å². The van der Waals surface area contributed by atoms with Crippen LogP contribution in [0.25, 0.3) is 0 Å². The highest BCUT2D eigenvalue weighted by atomic mass is 32.2. The van der Waals surface area contributed by atoms with Gasteiger partial charge in [-0.05, 0) is 87.2 Å². The molecule has 3 saturated carbocycles. The highest BCUT2D eigenvalue weighted by molar-refractivity contribution is 7.86. The standard InChI is InChI=1S/C31H44O7S/c1-20-7-10-26(11-8-20)39(34,35)36-18-15-24-19-25(37-22(3)32)13-16-31(24,6)28-14-17-30(5)21(2)9-12-27(30)29(28)38-23(4)33/h7-8,10-11,24-25,27-29H,2,9,12-19H2,1,3-6H3/t24-,25-,27?,28?,29?,30?,31-/m0/s1. The highest BCUT2D eigenvalue weighted by Crippen LogP contribution is 2.62. The van der Waals surface area contributed by atoms with Crippen molar-refractivity contribution in [3.05, 3.63) is 42.0 Å². The Bertz CT molecular complexity index is 1190. The number of hydrogen-bond acceptors (Lipinski definition) is 7. The first-order valence-electron chi connectivity index (χ1n) is 14.2. The van der Waals surface area contributed by atoms with Crippen LogP contribution < -0.4 is 0 Å². The lowest BCUT2D eigenvalue weighted by atomic mass is 9.51. The van der Waals surface area contributed by atoms with Gasteiger partial charge in [-0.25, -0.2) is 0 Å². The fourth-order valence-electron chi connectivity index (χ4n) is 7.78. The van der Waals surface area contributed by atoms with E-state index in [1.54, 1.807) is 24.3 Å². The van der Waals surface area contributed by atoms with E-state index in [-0.39, 0.29) is 64.2 Å². The van der Waals surface area contributed by atoms with Crippen molar-refractivity contribution in [3.8, 4) is 0 Å². The minimum atomic E-state index is -3.89. The SMILES string of the molecule is C=C1CCC2C(OC(C)=O)C([C@@]3(C)CC[C@H](OC(C)=O)C[C@@H]3CCOS(=O)(=O)c3ccc(C)cc3)CCC12C. The third-order valence-electron chi connectivity index (χ3n) is 10.1. The normalized spacial score (nSPS) is 34.8. The van der Waals surface area contributed by atoms with Gasteiger partial charge < -0.3 is 9.47 Å². The topological polar surface area (TPSA) is 96.0 Å². The average Bonchev–Trinajstić information content (AvgIpc) is 3.15. The molecular weight excluding hydrogens is 516 g/mol. The Morgan fingerprint density at radius 3 is 2.28 bits per heavy atom. The van der Waals surface area contributed by atoms with Gasteiger partial charge in [0, 0.05) is 25.7 Å². The molecule has 39 heavy (non-hydrogen) atoms. The molecule has 8 heteroatoms. The summed E-state index contributed by atoms with van der Waals surface area (Å²) in [5.41, 5.74) is 1.94. The van der Waals surface area contributed by atoms with Crippen LogP contribution in [0.3, 0.4) is 0 Å². The Morgan fingerprint density at radius 1 is 0.974 bits per heavy atom. The fourth-order valence-corrected chi connectivity index (χ4v) is 8.70. The van der Waals surface area contributed by atoms with Gasteiger partial charge in [-0.3, -0.25) is 13.8 Å². The minimum absolute atomic E-state index is 0.0286. The number of esters is 2. The number of carbonyl (C=O) groups excluding carboxylic acids is 2. The number of fused-ring (bicyclic) bond motifs is 1. The van der Waals surface area contributed by atoms with E-state index < -0.39 is 10.1 Å². The molecule has 216 valence electrons. The summed E-state index contributed by atoms with van der Waals surface area (Å²) < 4.78 is 43.0. The first kappa shape index (κ1) is 29.8. The Morgan fingerprint density at radius 2 is 1.64 bits per heavy atom. The minimum Gasteiger partial charge on any atom is -0.463 e. The second kappa shape index (κ2) is 11.4. The van der Waals surface area contributed by atoms with Crippen LogP contribution in [0.1, 0.15) is 84.6 Å². The van der Waals surface area contributed by atoms with Crippen molar-refractivity contribution in [2.24, 2.45) is 28.6 Å². The smallest absolute Gasteiger partial charge is 0.302 e. The number of aryl methyl sites for hydroxylation is 1. The van der Waals surface area contributed by atoms with Crippen LogP contribution in [0, 0.1) is 35.5 Å². The van der Waals surface area contributed by atoms with Crippen molar-refractivity contribution in [3.63, 3.8) is 0 Å². The second-order valence-corrected chi connectivity index (χ2v) is 14.1. The Labute approximate surface area is 233 Å². The van der Waals surface area contributed by atoms with Crippen molar-refractivity contribution in [2.75, 3.05) is 6.61 Å². The third kappa shape index (κ3) is 6.12. The Balaban J connectivity index is 1.58. The lowest BCUT2D eigenvalue weighted by molar-refractivity contribution is -0.177. The number of rotatable bonds is 8. The molecule has 0 bridgehead atoms. The summed E-state index contributed by atoms with van der Waals surface area (Å²) >= 11 is 0. The van der Waals surface area contributed by atoms with Crippen molar-refractivity contribution < 1.29 is 31.7 Å². The van der Waals surface area contributed by atoms with Crippen LogP contribution in [0.4, 0.5) is 0 Å². The molecule has 0 N–H and O–H groups in total. The lowest BCUT2D eigenvalue weighted by Crippen LogP contribution is -2.54. The van der Waals surface area contributed by atoms with Crippen LogP contribution in [0.5, 0.6) is 0 Å². The van der Waals surface area contributed by atoms with Gasteiger partial charge in [0.2, 0.25) is 0 Å². The van der Waals surface area contributed by atoms with Crippen LogP contribution in [-0.2, 0) is 33.4 Å². The van der Waals surface area contributed by atoms with Crippen molar-refractivity contribution in [2.45, 2.75) is 103 Å². The summed E-state index contributed by atoms with van der Waals surface area (Å²) in [5.74, 6) is -0.220. The third-order valence-corrected chi connectivity index (χ3v) is 11.5.